The molecule has 4 nitrogen and oxygen atoms in total. The number of ether oxygens (including phenoxy) is 1. The van der Waals surface area contributed by atoms with Gasteiger partial charge >= 0.3 is 0 Å². The number of nitrogens with one attached hydrogen (secondary N) is 2. The van der Waals surface area contributed by atoms with E-state index in [9.17, 15) is 4.79 Å². The molecule has 1 amide bonds. The van der Waals surface area contributed by atoms with Crippen molar-refractivity contribution in [2.75, 3.05) is 11.9 Å². The van der Waals surface area contributed by atoms with Gasteiger partial charge in [0.05, 0.1) is 12.3 Å². The number of carbonyl (C=O) groups excluding carboxylic acids is 1. The number of unbranched alkanes of at least 4 members (excludes halogenated alkanes) is 1. The van der Waals surface area contributed by atoms with Crippen molar-refractivity contribution in [3.8, 4) is 5.75 Å². The minimum absolute atomic E-state index is 0.210. The summed E-state index contributed by atoms with van der Waals surface area (Å²) < 4.78 is 5.74. The molecular weight excluding hydrogens is 368 g/mol. The van der Waals surface area contributed by atoms with Gasteiger partial charge in [0, 0.05) is 11.1 Å². The van der Waals surface area contributed by atoms with Gasteiger partial charge in [-0.25, -0.2) is 0 Å². The Kier molecular flexibility index (Phi) is 8.12. The van der Waals surface area contributed by atoms with Crippen LogP contribution in [0.2, 0.25) is 5.02 Å². The molecule has 0 saturated carbocycles. The van der Waals surface area contributed by atoms with Crippen molar-refractivity contribution in [3.05, 3.63) is 65.2 Å². The number of thiocarbonyl (C=S) groups is 1. The van der Waals surface area contributed by atoms with Crippen LogP contribution in [0.3, 0.4) is 0 Å². The van der Waals surface area contributed by atoms with Gasteiger partial charge in [-0.1, -0.05) is 49.2 Å². The quantitative estimate of drug-likeness (QED) is 0.396. The van der Waals surface area contributed by atoms with Crippen LogP contribution in [0.1, 0.15) is 25.3 Å². The number of hydrogen-bond acceptors (Lipinski definition) is 3. The normalized spacial score (nSPS) is 10.5. The van der Waals surface area contributed by atoms with Crippen molar-refractivity contribution in [2.24, 2.45) is 0 Å². The highest BCUT2D eigenvalue weighted by atomic mass is 35.5. The van der Waals surface area contributed by atoms with Crippen LogP contribution >= 0.6 is 23.8 Å². The highest BCUT2D eigenvalue weighted by Gasteiger charge is 2.06. The molecule has 2 aromatic carbocycles. The van der Waals surface area contributed by atoms with Gasteiger partial charge in [-0.15, -0.1) is 0 Å². The van der Waals surface area contributed by atoms with E-state index in [4.69, 9.17) is 28.6 Å². The van der Waals surface area contributed by atoms with Crippen LogP contribution < -0.4 is 15.4 Å². The lowest BCUT2D eigenvalue weighted by Gasteiger charge is -2.13. The van der Waals surface area contributed by atoms with Crippen molar-refractivity contribution in [1.29, 1.82) is 0 Å². The summed E-state index contributed by atoms with van der Waals surface area (Å²) in [5.74, 6) is 0.385. The Balaban J connectivity index is 1.89. The maximum absolute atomic E-state index is 12.0. The number of hydrogen-bond donors (Lipinski definition) is 2. The third kappa shape index (κ3) is 6.86. The number of para-hydroxylation sites is 2. The third-order valence-electron chi connectivity index (χ3n) is 3.42. The number of benzene rings is 2. The molecule has 0 spiro atoms. The zero-order valence-corrected chi connectivity index (χ0v) is 16.1. The molecule has 0 saturated heterocycles. The lowest BCUT2D eigenvalue weighted by atomic mass is 10.2. The summed E-state index contributed by atoms with van der Waals surface area (Å²) in [6, 6.07) is 14.7. The minimum atomic E-state index is -0.318. The molecular formula is C20H21ClN2O2S. The van der Waals surface area contributed by atoms with Crippen LogP contribution in [0.25, 0.3) is 6.08 Å². The van der Waals surface area contributed by atoms with Gasteiger partial charge in [-0.05, 0) is 54.5 Å². The smallest absolute Gasteiger partial charge is 0.250 e. The van der Waals surface area contributed by atoms with Gasteiger partial charge in [-0.2, -0.15) is 0 Å². The fourth-order valence-corrected chi connectivity index (χ4v) is 2.41. The Hall–Kier alpha value is -2.37. The van der Waals surface area contributed by atoms with Gasteiger partial charge in [0.1, 0.15) is 5.75 Å². The zero-order chi connectivity index (χ0) is 18.8. The molecule has 0 heterocycles. The summed E-state index contributed by atoms with van der Waals surface area (Å²) in [5.41, 5.74) is 1.59. The Bertz CT molecular complexity index is 776. The Morgan fingerprint density at radius 1 is 1.19 bits per heavy atom. The highest BCUT2D eigenvalue weighted by molar-refractivity contribution is 7.80. The van der Waals surface area contributed by atoms with Gasteiger partial charge in [0.25, 0.3) is 0 Å². The average Bonchev–Trinajstić information content (AvgIpc) is 2.63. The molecule has 26 heavy (non-hydrogen) atoms. The molecule has 0 radical (unpaired) electrons. The van der Waals surface area contributed by atoms with E-state index >= 15 is 0 Å². The fraction of sp³-hybridized carbons (Fsp3) is 0.200. The first kappa shape index (κ1) is 19.9. The van der Waals surface area contributed by atoms with E-state index in [0.717, 1.165) is 24.1 Å². The van der Waals surface area contributed by atoms with Crippen molar-refractivity contribution in [3.63, 3.8) is 0 Å². The van der Waals surface area contributed by atoms with E-state index in [2.05, 4.69) is 17.6 Å². The van der Waals surface area contributed by atoms with Crippen molar-refractivity contribution < 1.29 is 9.53 Å². The number of halogens is 1. The molecule has 2 N–H and O–H groups in total. The molecule has 0 aliphatic carbocycles. The van der Waals surface area contributed by atoms with Gasteiger partial charge < -0.3 is 10.1 Å². The lowest BCUT2D eigenvalue weighted by Crippen LogP contribution is -2.32. The molecule has 0 fully saturated rings. The summed E-state index contributed by atoms with van der Waals surface area (Å²) in [6.07, 6.45) is 5.14. The van der Waals surface area contributed by atoms with Crippen LogP contribution in [-0.2, 0) is 4.79 Å². The van der Waals surface area contributed by atoms with Crippen LogP contribution in [-0.4, -0.2) is 17.6 Å². The van der Waals surface area contributed by atoms with Gasteiger partial charge in [0.15, 0.2) is 5.11 Å². The van der Waals surface area contributed by atoms with E-state index in [1.165, 1.54) is 6.08 Å². The Labute approximate surface area is 164 Å². The summed E-state index contributed by atoms with van der Waals surface area (Å²) in [4.78, 5) is 12.0. The first-order valence-electron chi connectivity index (χ1n) is 8.36. The topological polar surface area (TPSA) is 50.4 Å². The number of carbonyl (C=O) groups is 1. The average molecular weight is 389 g/mol. The molecule has 0 atom stereocenters. The molecule has 0 bridgehead atoms. The number of anilines is 1. The summed E-state index contributed by atoms with van der Waals surface area (Å²) in [5, 5.41) is 6.47. The van der Waals surface area contributed by atoms with Crippen molar-refractivity contribution in [2.45, 2.75) is 19.8 Å². The first-order chi connectivity index (χ1) is 12.6. The molecule has 2 rings (SSSR count). The Morgan fingerprint density at radius 2 is 1.92 bits per heavy atom. The summed E-state index contributed by atoms with van der Waals surface area (Å²) >= 11 is 11.0. The monoisotopic (exact) mass is 388 g/mol. The molecule has 2 aromatic rings. The molecule has 0 aliphatic rings. The second-order valence-electron chi connectivity index (χ2n) is 5.53. The molecule has 0 aromatic heterocycles. The first-order valence-corrected chi connectivity index (χ1v) is 9.14. The number of rotatable bonds is 7. The highest BCUT2D eigenvalue weighted by Crippen LogP contribution is 2.23. The van der Waals surface area contributed by atoms with Crippen LogP contribution in [0, 0.1) is 0 Å². The van der Waals surface area contributed by atoms with Crippen LogP contribution in [0.15, 0.2) is 54.6 Å². The molecule has 0 aliphatic heterocycles. The minimum Gasteiger partial charge on any atom is -0.491 e. The lowest BCUT2D eigenvalue weighted by molar-refractivity contribution is -0.115. The predicted octanol–water partition coefficient (Wildman–Crippen LogP) is 5.05. The van der Waals surface area contributed by atoms with E-state index in [1.807, 2.05) is 36.4 Å². The van der Waals surface area contributed by atoms with Crippen molar-refractivity contribution in [1.82, 2.24) is 5.32 Å². The third-order valence-corrected chi connectivity index (χ3v) is 3.88. The molecule has 6 heteroatoms. The standard InChI is InChI=1S/C20H21ClN2O2S/c1-2-3-14-25-18-7-5-4-6-17(18)22-20(26)23-19(24)13-10-15-8-11-16(21)12-9-15/h4-13H,2-3,14H2,1H3,(H2,22,23,24,26)/b13-10+. The maximum atomic E-state index is 12.0. The van der Waals surface area contributed by atoms with E-state index in [1.54, 1.807) is 18.2 Å². The van der Waals surface area contributed by atoms with Crippen LogP contribution in [0.5, 0.6) is 5.75 Å². The largest absolute Gasteiger partial charge is 0.491 e. The van der Waals surface area contributed by atoms with Crippen molar-refractivity contribution >= 4 is 46.6 Å². The van der Waals surface area contributed by atoms with Gasteiger partial charge in [-0.3, -0.25) is 10.1 Å². The second kappa shape index (κ2) is 10.6. The Morgan fingerprint density at radius 3 is 2.65 bits per heavy atom. The SMILES string of the molecule is CCCCOc1ccccc1NC(=S)NC(=O)/C=C/c1ccc(Cl)cc1. The summed E-state index contributed by atoms with van der Waals surface area (Å²) in [6.45, 7) is 2.74. The van der Waals surface area contributed by atoms with E-state index in [-0.39, 0.29) is 11.0 Å². The van der Waals surface area contributed by atoms with E-state index in [0.29, 0.717) is 17.4 Å². The van der Waals surface area contributed by atoms with Gasteiger partial charge in [0.2, 0.25) is 5.91 Å². The van der Waals surface area contributed by atoms with E-state index < -0.39 is 0 Å². The summed E-state index contributed by atoms with van der Waals surface area (Å²) in [7, 11) is 0. The van der Waals surface area contributed by atoms with Crippen LogP contribution in [0.4, 0.5) is 5.69 Å². The maximum Gasteiger partial charge on any atom is 0.250 e. The number of amides is 1. The molecule has 0 unspecified atom stereocenters. The second-order valence-corrected chi connectivity index (χ2v) is 6.37. The zero-order valence-electron chi connectivity index (χ0n) is 14.5. The molecule has 136 valence electrons. The predicted molar refractivity (Wildman–Crippen MR) is 112 cm³/mol. The fourth-order valence-electron chi connectivity index (χ4n) is 2.08.